The highest BCUT2D eigenvalue weighted by Gasteiger charge is 2.51. The molecule has 0 bridgehead atoms. The standard InChI is InChI=1S/C22H22ClF3N4O2S/c23-18-7-9-21-17(10-18)12-29(33(31,32)22(24,25)26)14-20(8-6-16-4-2-1-3-5-16)30(21)13-19-11-27-15-28-19/h1-5,7,9-11,15,20H,6,8,12-14H2,(H,27,28). The monoisotopic (exact) mass is 498 g/mol. The first-order valence-electron chi connectivity index (χ1n) is 10.3. The highest BCUT2D eigenvalue weighted by atomic mass is 35.5. The van der Waals surface area contributed by atoms with Crippen molar-refractivity contribution in [3.63, 3.8) is 0 Å². The Balaban J connectivity index is 1.76. The lowest BCUT2D eigenvalue weighted by Crippen LogP contribution is -2.47. The molecule has 3 aromatic rings. The lowest BCUT2D eigenvalue weighted by atomic mass is 10.0. The van der Waals surface area contributed by atoms with Crippen LogP contribution >= 0.6 is 11.6 Å². The first-order chi connectivity index (χ1) is 15.6. The van der Waals surface area contributed by atoms with E-state index in [1.54, 1.807) is 18.3 Å². The molecule has 0 saturated carbocycles. The predicted octanol–water partition coefficient (Wildman–Crippen LogP) is 4.74. The molecule has 0 saturated heterocycles. The van der Waals surface area contributed by atoms with Crippen molar-refractivity contribution in [3.8, 4) is 0 Å². The van der Waals surface area contributed by atoms with Crippen LogP contribution in [0.2, 0.25) is 5.02 Å². The van der Waals surface area contributed by atoms with Crippen LogP contribution in [0, 0.1) is 0 Å². The van der Waals surface area contributed by atoms with Crippen LogP contribution in [0.4, 0.5) is 18.9 Å². The van der Waals surface area contributed by atoms with E-state index < -0.39 is 28.1 Å². The van der Waals surface area contributed by atoms with E-state index in [1.165, 1.54) is 12.4 Å². The van der Waals surface area contributed by atoms with Gasteiger partial charge in [0, 0.05) is 36.0 Å². The number of fused-ring (bicyclic) bond motifs is 1. The number of H-pyrrole nitrogens is 1. The van der Waals surface area contributed by atoms with Gasteiger partial charge in [0.25, 0.3) is 0 Å². The maximum Gasteiger partial charge on any atom is 0.511 e. The van der Waals surface area contributed by atoms with E-state index in [0.717, 1.165) is 11.3 Å². The fourth-order valence-corrected chi connectivity index (χ4v) is 5.23. The van der Waals surface area contributed by atoms with Gasteiger partial charge >= 0.3 is 15.5 Å². The summed E-state index contributed by atoms with van der Waals surface area (Å²) < 4.78 is 65.9. The number of halogens is 4. The summed E-state index contributed by atoms with van der Waals surface area (Å²) in [4.78, 5) is 8.98. The average Bonchev–Trinajstić information content (AvgIpc) is 3.22. The Morgan fingerprint density at radius 2 is 1.91 bits per heavy atom. The van der Waals surface area contributed by atoms with Crippen molar-refractivity contribution in [2.45, 2.75) is 37.5 Å². The summed E-state index contributed by atoms with van der Waals surface area (Å²) in [5.41, 5.74) is -2.56. The van der Waals surface area contributed by atoms with Gasteiger partial charge in [-0.3, -0.25) is 0 Å². The van der Waals surface area contributed by atoms with Gasteiger partial charge in [0.05, 0.1) is 18.6 Å². The largest absolute Gasteiger partial charge is 0.511 e. The molecule has 4 rings (SSSR count). The van der Waals surface area contributed by atoms with Crippen LogP contribution in [0.3, 0.4) is 0 Å². The van der Waals surface area contributed by atoms with Gasteiger partial charge in [0.1, 0.15) is 0 Å². The van der Waals surface area contributed by atoms with Gasteiger partial charge < -0.3 is 9.88 Å². The minimum absolute atomic E-state index is 0.310. The maximum absolute atomic E-state index is 13.5. The molecule has 33 heavy (non-hydrogen) atoms. The number of hydrogen-bond acceptors (Lipinski definition) is 4. The fraction of sp³-hybridized carbons (Fsp3) is 0.318. The van der Waals surface area contributed by atoms with Crippen LogP contribution in [0.15, 0.2) is 61.1 Å². The quantitative estimate of drug-likeness (QED) is 0.533. The molecule has 176 valence electrons. The Bertz CT molecular complexity index is 1190. The second-order valence-electron chi connectivity index (χ2n) is 7.90. The van der Waals surface area contributed by atoms with Gasteiger partial charge in [0.15, 0.2) is 0 Å². The fourth-order valence-electron chi connectivity index (χ4n) is 4.07. The summed E-state index contributed by atoms with van der Waals surface area (Å²) in [7, 11) is -5.54. The van der Waals surface area contributed by atoms with Crippen LogP contribution in [0.1, 0.15) is 23.2 Å². The molecule has 6 nitrogen and oxygen atoms in total. The van der Waals surface area contributed by atoms with Crippen molar-refractivity contribution in [3.05, 3.63) is 82.9 Å². The molecular formula is C22H22ClF3N4O2S. The lowest BCUT2D eigenvalue weighted by molar-refractivity contribution is -0.0492. The Hall–Kier alpha value is -2.56. The number of sulfonamides is 1. The number of hydrogen-bond donors (Lipinski definition) is 1. The van der Waals surface area contributed by atoms with E-state index in [-0.39, 0.29) is 6.54 Å². The number of aromatic amines is 1. The predicted molar refractivity (Wildman–Crippen MR) is 120 cm³/mol. The maximum atomic E-state index is 13.5. The Morgan fingerprint density at radius 3 is 2.58 bits per heavy atom. The van der Waals surface area contributed by atoms with Crippen LogP contribution in [0.5, 0.6) is 0 Å². The number of aromatic nitrogens is 2. The third kappa shape index (κ3) is 5.18. The summed E-state index contributed by atoms with van der Waals surface area (Å²) in [5, 5.41) is 0.322. The van der Waals surface area contributed by atoms with Crippen molar-refractivity contribution in [1.29, 1.82) is 0 Å². The van der Waals surface area contributed by atoms with Gasteiger partial charge in [-0.25, -0.2) is 13.4 Å². The number of nitrogens with one attached hydrogen (secondary N) is 1. The Morgan fingerprint density at radius 1 is 1.15 bits per heavy atom. The summed E-state index contributed by atoms with van der Waals surface area (Å²) in [6.45, 7) is -0.401. The number of rotatable bonds is 6. The van der Waals surface area contributed by atoms with E-state index in [0.29, 0.717) is 40.0 Å². The summed E-state index contributed by atoms with van der Waals surface area (Å²) >= 11 is 6.12. The summed E-state index contributed by atoms with van der Waals surface area (Å²) in [6.07, 6.45) is 4.19. The first kappa shape index (κ1) is 23.6. The highest BCUT2D eigenvalue weighted by molar-refractivity contribution is 7.89. The second kappa shape index (κ2) is 9.36. The average molecular weight is 499 g/mol. The van der Waals surface area contributed by atoms with E-state index >= 15 is 0 Å². The Labute approximate surface area is 195 Å². The van der Waals surface area contributed by atoms with E-state index in [2.05, 4.69) is 9.97 Å². The van der Waals surface area contributed by atoms with Gasteiger partial charge in [-0.1, -0.05) is 41.9 Å². The Kier molecular flexibility index (Phi) is 6.69. The number of nitrogens with zero attached hydrogens (tertiary/aromatic N) is 3. The van der Waals surface area contributed by atoms with Gasteiger partial charge in [-0.05, 0) is 42.2 Å². The summed E-state index contributed by atoms with van der Waals surface area (Å²) in [6, 6.07) is 13.9. The van der Waals surface area contributed by atoms with Crippen molar-refractivity contribution in [2.24, 2.45) is 0 Å². The number of anilines is 1. The molecule has 1 aliphatic rings. The topological polar surface area (TPSA) is 69.3 Å². The van der Waals surface area contributed by atoms with Crippen LogP contribution in [-0.2, 0) is 29.5 Å². The molecule has 1 atom stereocenters. The second-order valence-corrected chi connectivity index (χ2v) is 10.3. The van der Waals surface area contributed by atoms with Crippen molar-refractivity contribution < 1.29 is 21.6 Å². The normalized spacial score (nSPS) is 17.6. The SMILES string of the molecule is O=S(=O)(N1Cc2cc(Cl)ccc2N(Cc2cnc[nH]2)C(CCc2ccccc2)C1)C(F)(F)F. The molecule has 0 amide bonds. The highest BCUT2D eigenvalue weighted by Crippen LogP contribution is 2.36. The van der Waals surface area contributed by atoms with Gasteiger partial charge in [0.2, 0.25) is 0 Å². The minimum atomic E-state index is -5.54. The molecule has 0 fully saturated rings. The molecule has 2 aromatic carbocycles. The zero-order valence-corrected chi connectivity index (χ0v) is 19.0. The number of alkyl halides is 3. The molecule has 11 heteroatoms. The molecule has 1 aliphatic heterocycles. The molecule has 2 heterocycles. The lowest BCUT2D eigenvalue weighted by Gasteiger charge is -2.34. The molecule has 0 radical (unpaired) electrons. The molecular weight excluding hydrogens is 477 g/mol. The number of aryl methyl sites for hydroxylation is 1. The minimum Gasteiger partial charge on any atom is -0.361 e. The van der Waals surface area contributed by atoms with Crippen LogP contribution in [0.25, 0.3) is 0 Å². The first-order valence-corrected chi connectivity index (χ1v) is 12.1. The number of imidazole rings is 1. The molecule has 0 spiro atoms. The summed E-state index contributed by atoms with van der Waals surface area (Å²) in [5.74, 6) is 0. The molecule has 1 aromatic heterocycles. The number of benzene rings is 2. The third-order valence-electron chi connectivity index (χ3n) is 5.69. The van der Waals surface area contributed by atoms with Gasteiger partial charge in [-0.15, -0.1) is 0 Å². The molecule has 1 N–H and O–H groups in total. The smallest absolute Gasteiger partial charge is 0.361 e. The van der Waals surface area contributed by atoms with Crippen molar-refractivity contribution in [1.82, 2.24) is 14.3 Å². The van der Waals surface area contributed by atoms with Crippen molar-refractivity contribution >= 4 is 27.3 Å². The van der Waals surface area contributed by atoms with Crippen LogP contribution in [-0.4, -0.2) is 40.8 Å². The van der Waals surface area contributed by atoms with Crippen LogP contribution < -0.4 is 4.90 Å². The van der Waals surface area contributed by atoms with E-state index in [4.69, 9.17) is 11.6 Å². The zero-order chi connectivity index (χ0) is 23.6. The van der Waals surface area contributed by atoms with E-state index in [1.807, 2.05) is 35.2 Å². The van der Waals surface area contributed by atoms with E-state index in [9.17, 15) is 21.6 Å². The molecule has 1 unspecified atom stereocenters. The third-order valence-corrected chi connectivity index (χ3v) is 7.47. The molecule has 0 aliphatic carbocycles. The van der Waals surface area contributed by atoms with Gasteiger partial charge in [-0.2, -0.15) is 17.5 Å². The zero-order valence-electron chi connectivity index (χ0n) is 17.5. The van der Waals surface area contributed by atoms with Crippen molar-refractivity contribution in [2.75, 3.05) is 11.4 Å².